The molecule has 0 aliphatic heterocycles. The van der Waals surface area contributed by atoms with E-state index in [1.54, 1.807) is 24.3 Å². The van der Waals surface area contributed by atoms with Crippen LogP contribution in [-0.4, -0.2) is 25.1 Å². The maximum atomic E-state index is 13.4. The van der Waals surface area contributed by atoms with Crippen molar-refractivity contribution >= 4 is 17.6 Å². The van der Waals surface area contributed by atoms with Crippen molar-refractivity contribution in [3.05, 3.63) is 59.7 Å². The predicted octanol–water partition coefficient (Wildman–Crippen LogP) is 3.16. The minimum Gasteiger partial charge on any atom is -0.494 e. The number of halogens is 2. The average Bonchev–Trinajstić information content (AvgIpc) is 2.55. The van der Waals surface area contributed by atoms with E-state index in [0.717, 1.165) is 12.1 Å². The van der Waals surface area contributed by atoms with E-state index in [-0.39, 0.29) is 0 Å². The number of amides is 1. The van der Waals surface area contributed by atoms with Gasteiger partial charge in [0.05, 0.1) is 12.2 Å². The largest absolute Gasteiger partial charge is 0.494 e. The number of esters is 1. The van der Waals surface area contributed by atoms with Gasteiger partial charge < -0.3 is 14.8 Å². The van der Waals surface area contributed by atoms with Gasteiger partial charge in [0.2, 0.25) is 0 Å². The summed E-state index contributed by atoms with van der Waals surface area (Å²) >= 11 is 0. The van der Waals surface area contributed by atoms with Crippen LogP contribution in [0.4, 0.5) is 14.5 Å². The third-order valence-electron chi connectivity index (χ3n) is 2.93. The molecule has 0 aromatic heterocycles. The van der Waals surface area contributed by atoms with Gasteiger partial charge in [-0.1, -0.05) is 0 Å². The maximum Gasteiger partial charge on any atom is 0.341 e. The summed E-state index contributed by atoms with van der Waals surface area (Å²) in [5.41, 5.74) is 0.0535. The molecule has 2 aromatic carbocycles. The molecule has 0 aliphatic rings. The van der Waals surface area contributed by atoms with E-state index in [2.05, 4.69) is 5.32 Å². The molecule has 0 heterocycles. The number of hydrogen-bond donors (Lipinski definition) is 1. The number of benzene rings is 2. The Morgan fingerprint density at radius 3 is 2.42 bits per heavy atom. The first kappa shape index (κ1) is 17.4. The van der Waals surface area contributed by atoms with Gasteiger partial charge in [0.15, 0.2) is 6.61 Å². The molecule has 2 rings (SSSR count). The van der Waals surface area contributed by atoms with Crippen molar-refractivity contribution in [2.24, 2.45) is 0 Å². The Kier molecular flexibility index (Phi) is 5.83. The van der Waals surface area contributed by atoms with Gasteiger partial charge in [0, 0.05) is 11.8 Å². The van der Waals surface area contributed by atoms with Crippen LogP contribution in [0.5, 0.6) is 5.75 Å². The summed E-state index contributed by atoms with van der Waals surface area (Å²) in [6, 6.07) is 9.07. The number of ether oxygens (including phenoxy) is 2. The zero-order chi connectivity index (χ0) is 17.5. The molecule has 0 atom stereocenters. The van der Waals surface area contributed by atoms with Crippen molar-refractivity contribution < 1.29 is 27.8 Å². The molecular weight excluding hydrogens is 320 g/mol. The molecule has 0 unspecified atom stereocenters. The van der Waals surface area contributed by atoms with E-state index in [9.17, 15) is 18.4 Å². The smallest absolute Gasteiger partial charge is 0.341 e. The van der Waals surface area contributed by atoms with Crippen molar-refractivity contribution in [3.8, 4) is 5.75 Å². The van der Waals surface area contributed by atoms with Gasteiger partial charge in [-0.2, -0.15) is 0 Å². The zero-order valence-corrected chi connectivity index (χ0v) is 12.8. The second-order valence-corrected chi connectivity index (χ2v) is 4.71. The lowest BCUT2D eigenvalue weighted by Gasteiger charge is -2.08. The molecule has 1 amide bonds. The van der Waals surface area contributed by atoms with Crippen LogP contribution in [0.2, 0.25) is 0 Å². The Morgan fingerprint density at radius 1 is 1.08 bits per heavy atom. The standard InChI is InChI=1S/C17H15F2NO4/c1-2-23-13-6-4-12(5-7-13)20-16(21)10-24-17(22)14-8-3-11(18)9-15(14)19/h3-9H,2,10H2,1H3,(H,20,21). The third kappa shape index (κ3) is 4.77. The zero-order valence-electron chi connectivity index (χ0n) is 12.8. The Balaban J connectivity index is 1.87. The summed E-state index contributed by atoms with van der Waals surface area (Å²) in [6.07, 6.45) is 0. The molecule has 0 aliphatic carbocycles. The molecule has 7 heteroatoms. The molecule has 1 N–H and O–H groups in total. The quantitative estimate of drug-likeness (QED) is 0.824. The van der Waals surface area contributed by atoms with E-state index in [1.807, 2.05) is 6.92 Å². The van der Waals surface area contributed by atoms with E-state index in [0.29, 0.717) is 24.1 Å². The highest BCUT2D eigenvalue weighted by molar-refractivity contribution is 5.95. The lowest BCUT2D eigenvalue weighted by Crippen LogP contribution is -2.21. The van der Waals surface area contributed by atoms with Gasteiger partial charge in [0.25, 0.3) is 5.91 Å². The van der Waals surface area contributed by atoms with E-state index < -0.39 is 35.7 Å². The number of anilines is 1. The minimum absolute atomic E-state index is 0.440. The SMILES string of the molecule is CCOc1ccc(NC(=O)COC(=O)c2ccc(F)cc2F)cc1. The van der Waals surface area contributed by atoms with Crippen LogP contribution in [0.3, 0.4) is 0 Å². The summed E-state index contributed by atoms with van der Waals surface area (Å²) < 4.78 is 36.2. The number of nitrogens with one attached hydrogen (secondary N) is 1. The highest BCUT2D eigenvalue weighted by Crippen LogP contribution is 2.15. The molecule has 0 fully saturated rings. The van der Waals surface area contributed by atoms with E-state index in [1.165, 1.54) is 0 Å². The molecule has 5 nitrogen and oxygen atoms in total. The molecule has 2 aromatic rings. The fraction of sp³-hybridized carbons (Fsp3) is 0.176. The van der Waals surface area contributed by atoms with E-state index >= 15 is 0 Å². The number of rotatable bonds is 6. The summed E-state index contributed by atoms with van der Waals surface area (Å²) in [7, 11) is 0. The van der Waals surface area contributed by atoms with Crippen molar-refractivity contribution in [2.45, 2.75) is 6.92 Å². The topological polar surface area (TPSA) is 64.6 Å². The molecule has 0 saturated carbocycles. The Hall–Kier alpha value is -2.96. The average molecular weight is 335 g/mol. The van der Waals surface area contributed by atoms with Crippen molar-refractivity contribution in [1.29, 1.82) is 0 Å². The van der Waals surface area contributed by atoms with Crippen LogP contribution in [0.15, 0.2) is 42.5 Å². The molecule has 0 spiro atoms. The van der Waals surface area contributed by atoms with Crippen LogP contribution in [-0.2, 0) is 9.53 Å². The van der Waals surface area contributed by atoms with Crippen molar-refractivity contribution in [1.82, 2.24) is 0 Å². The lowest BCUT2D eigenvalue weighted by atomic mass is 10.2. The van der Waals surface area contributed by atoms with Crippen LogP contribution in [0.1, 0.15) is 17.3 Å². The van der Waals surface area contributed by atoms with Gasteiger partial charge in [0.1, 0.15) is 17.4 Å². The highest BCUT2D eigenvalue weighted by Gasteiger charge is 2.15. The Morgan fingerprint density at radius 2 is 1.79 bits per heavy atom. The summed E-state index contributed by atoms with van der Waals surface area (Å²) in [4.78, 5) is 23.4. The summed E-state index contributed by atoms with van der Waals surface area (Å²) in [6.45, 7) is 1.79. The second kappa shape index (κ2) is 8.05. The lowest BCUT2D eigenvalue weighted by molar-refractivity contribution is -0.119. The van der Waals surface area contributed by atoms with Crippen molar-refractivity contribution in [3.63, 3.8) is 0 Å². The molecule has 126 valence electrons. The van der Waals surface area contributed by atoms with Crippen LogP contribution in [0, 0.1) is 11.6 Å². The second-order valence-electron chi connectivity index (χ2n) is 4.71. The van der Waals surface area contributed by atoms with E-state index in [4.69, 9.17) is 9.47 Å². The Labute approximate surface area is 137 Å². The predicted molar refractivity (Wildman–Crippen MR) is 82.9 cm³/mol. The molecular formula is C17H15F2NO4. The van der Waals surface area contributed by atoms with Crippen LogP contribution >= 0.6 is 0 Å². The first-order valence-corrected chi connectivity index (χ1v) is 7.14. The summed E-state index contributed by atoms with van der Waals surface area (Å²) in [5.74, 6) is -2.83. The molecule has 0 saturated heterocycles. The molecule has 0 bridgehead atoms. The van der Waals surface area contributed by atoms with Gasteiger partial charge in [-0.25, -0.2) is 13.6 Å². The highest BCUT2D eigenvalue weighted by atomic mass is 19.1. The maximum absolute atomic E-state index is 13.4. The fourth-order valence-corrected chi connectivity index (χ4v) is 1.86. The normalized spacial score (nSPS) is 10.1. The molecule has 0 radical (unpaired) electrons. The van der Waals surface area contributed by atoms with Gasteiger partial charge in [-0.3, -0.25) is 4.79 Å². The van der Waals surface area contributed by atoms with Crippen LogP contribution < -0.4 is 10.1 Å². The first-order valence-electron chi connectivity index (χ1n) is 7.14. The van der Waals surface area contributed by atoms with Gasteiger partial charge in [-0.15, -0.1) is 0 Å². The monoisotopic (exact) mass is 335 g/mol. The summed E-state index contributed by atoms with van der Waals surface area (Å²) in [5, 5.41) is 2.52. The number of carbonyl (C=O) groups excluding carboxylic acids is 2. The first-order chi connectivity index (χ1) is 11.5. The fourth-order valence-electron chi connectivity index (χ4n) is 1.86. The van der Waals surface area contributed by atoms with Gasteiger partial charge in [-0.05, 0) is 43.3 Å². The third-order valence-corrected chi connectivity index (χ3v) is 2.93. The number of hydrogen-bond acceptors (Lipinski definition) is 4. The van der Waals surface area contributed by atoms with Crippen molar-refractivity contribution in [2.75, 3.05) is 18.5 Å². The Bertz CT molecular complexity index is 732. The molecule has 24 heavy (non-hydrogen) atoms. The van der Waals surface area contributed by atoms with Gasteiger partial charge >= 0.3 is 5.97 Å². The van der Waals surface area contributed by atoms with Crippen LogP contribution in [0.25, 0.3) is 0 Å². The number of carbonyl (C=O) groups is 2. The minimum atomic E-state index is -1.05.